The Morgan fingerprint density at radius 1 is 1.23 bits per heavy atom. The van der Waals surface area contributed by atoms with Crippen molar-refractivity contribution < 1.29 is 9.15 Å². The van der Waals surface area contributed by atoms with Crippen molar-refractivity contribution in [3.05, 3.63) is 17.3 Å². The first-order chi connectivity index (χ1) is 12.0. The lowest BCUT2D eigenvalue weighted by atomic mass is 10.0. The highest BCUT2D eigenvalue weighted by atomic mass is 127. The maximum absolute atomic E-state index is 5.60. The number of rotatable bonds is 7. The fraction of sp³-hybridized carbons (Fsp3) is 0.778. The molecule has 8 heteroatoms. The molecule has 2 rings (SSSR count). The summed E-state index contributed by atoms with van der Waals surface area (Å²) in [4.78, 5) is 11.2. The summed E-state index contributed by atoms with van der Waals surface area (Å²) in [5, 5.41) is 6.73. The molecule has 1 aliphatic rings. The molecule has 1 fully saturated rings. The number of aryl methyl sites for hydroxylation is 2. The van der Waals surface area contributed by atoms with Crippen molar-refractivity contribution >= 4 is 29.9 Å². The number of guanidine groups is 1. The fourth-order valence-electron chi connectivity index (χ4n) is 3.06. The number of hydrogen-bond acceptors (Lipinski definition) is 5. The van der Waals surface area contributed by atoms with Crippen LogP contribution in [-0.4, -0.2) is 61.8 Å². The summed E-state index contributed by atoms with van der Waals surface area (Å²) in [7, 11) is 1.79. The van der Waals surface area contributed by atoms with Crippen LogP contribution in [0.1, 0.15) is 37.6 Å². The molecule has 0 aromatic carbocycles. The van der Waals surface area contributed by atoms with Crippen molar-refractivity contribution in [1.29, 1.82) is 0 Å². The minimum Gasteiger partial charge on any atom is -0.444 e. The molecule has 150 valence electrons. The van der Waals surface area contributed by atoms with Gasteiger partial charge in [-0.3, -0.25) is 9.89 Å². The van der Waals surface area contributed by atoms with Crippen LogP contribution < -0.4 is 10.6 Å². The van der Waals surface area contributed by atoms with Gasteiger partial charge in [-0.05, 0) is 26.2 Å². The van der Waals surface area contributed by atoms with E-state index in [2.05, 4.69) is 39.4 Å². The first kappa shape index (κ1) is 23.2. The smallest absolute Gasteiger partial charge is 0.214 e. The van der Waals surface area contributed by atoms with Gasteiger partial charge >= 0.3 is 0 Å². The summed E-state index contributed by atoms with van der Waals surface area (Å²) in [5.41, 5.74) is 0.934. The number of aromatic nitrogens is 1. The molecule has 7 nitrogen and oxygen atoms in total. The van der Waals surface area contributed by atoms with E-state index in [4.69, 9.17) is 9.15 Å². The fourth-order valence-corrected chi connectivity index (χ4v) is 3.06. The number of nitrogens with zero attached hydrogens (tertiary/aromatic N) is 3. The molecule has 0 radical (unpaired) electrons. The SMILES string of the molecule is CN=C(NCc1nc(C)c(C)o1)NCC(CC(C)C)N1CCOCC1.I. The molecule has 1 atom stereocenters. The number of morpholine rings is 1. The zero-order valence-corrected chi connectivity index (χ0v) is 19.0. The Bertz CT molecular complexity index is 536. The summed E-state index contributed by atoms with van der Waals surface area (Å²) in [6.45, 7) is 13.5. The molecule has 0 amide bonds. The van der Waals surface area contributed by atoms with Crippen LogP contribution in [-0.2, 0) is 11.3 Å². The van der Waals surface area contributed by atoms with Gasteiger partial charge in [-0.1, -0.05) is 13.8 Å². The van der Waals surface area contributed by atoms with Gasteiger partial charge in [-0.15, -0.1) is 24.0 Å². The number of nitrogens with one attached hydrogen (secondary N) is 2. The van der Waals surface area contributed by atoms with Gasteiger partial charge in [-0.25, -0.2) is 4.98 Å². The van der Waals surface area contributed by atoms with Gasteiger partial charge in [0.15, 0.2) is 5.96 Å². The summed E-state index contributed by atoms with van der Waals surface area (Å²) in [6, 6.07) is 0.480. The number of halogens is 1. The molecule has 2 N–H and O–H groups in total. The van der Waals surface area contributed by atoms with E-state index in [1.54, 1.807) is 7.05 Å². The minimum absolute atomic E-state index is 0. The van der Waals surface area contributed by atoms with Crippen LogP contribution in [0.4, 0.5) is 0 Å². The van der Waals surface area contributed by atoms with E-state index in [0.717, 1.165) is 56.7 Å². The van der Waals surface area contributed by atoms with E-state index in [-0.39, 0.29) is 24.0 Å². The predicted octanol–water partition coefficient (Wildman–Crippen LogP) is 2.32. The molecule has 1 unspecified atom stereocenters. The lowest BCUT2D eigenvalue weighted by Crippen LogP contribution is -2.51. The first-order valence-electron chi connectivity index (χ1n) is 9.18. The van der Waals surface area contributed by atoms with Crippen LogP contribution in [0.2, 0.25) is 0 Å². The van der Waals surface area contributed by atoms with Crippen molar-refractivity contribution in [3.8, 4) is 0 Å². The van der Waals surface area contributed by atoms with Crippen LogP contribution in [0.25, 0.3) is 0 Å². The van der Waals surface area contributed by atoms with E-state index in [0.29, 0.717) is 24.4 Å². The second-order valence-corrected chi connectivity index (χ2v) is 6.99. The molecule has 0 aliphatic carbocycles. The maximum Gasteiger partial charge on any atom is 0.214 e. The van der Waals surface area contributed by atoms with Crippen LogP contribution in [0.3, 0.4) is 0 Å². The van der Waals surface area contributed by atoms with Crippen molar-refractivity contribution in [2.45, 2.75) is 46.7 Å². The summed E-state index contributed by atoms with van der Waals surface area (Å²) in [6.07, 6.45) is 1.15. The van der Waals surface area contributed by atoms with Crippen LogP contribution in [0, 0.1) is 19.8 Å². The first-order valence-corrected chi connectivity index (χ1v) is 9.18. The predicted molar refractivity (Wildman–Crippen MR) is 115 cm³/mol. The number of oxazole rings is 1. The van der Waals surface area contributed by atoms with E-state index < -0.39 is 0 Å². The Kier molecular flexibility index (Phi) is 10.5. The molecule has 0 bridgehead atoms. The number of ether oxygens (including phenoxy) is 1. The Labute approximate surface area is 174 Å². The highest BCUT2D eigenvalue weighted by Crippen LogP contribution is 2.13. The molecule has 0 saturated carbocycles. The largest absolute Gasteiger partial charge is 0.444 e. The molecule has 2 heterocycles. The van der Waals surface area contributed by atoms with Crippen molar-refractivity contribution in [1.82, 2.24) is 20.5 Å². The van der Waals surface area contributed by atoms with Gasteiger partial charge in [0.05, 0.1) is 25.5 Å². The Balaban J connectivity index is 0.00000338. The second-order valence-electron chi connectivity index (χ2n) is 6.99. The van der Waals surface area contributed by atoms with Gasteiger partial charge in [0.25, 0.3) is 0 Å². The zero-order chi connectivity index (χ0) is 18.2. The maximum atomic E-state index is 5.60. The average molecular weight is 479 g/mol. The Hall–Kier alpha value is -0.870. The zero-order valence-electron chi connectivity index (χ0n) is 16.7. The molecule has 0 spiro atoms. The quantitative estimate of drug-likeness (QED) is 0.355. The third-order valence-electron chi connectivity index (χ3n) is 4.51. The van der Waals surface area contributed by atoms with Crippen molar-refractivity contribution in [2.24, 2.45) is 10.9 Å². The molecule has 1 aliphatic heterocycles. The number of aliphatic imine (C=N–C) groups is 1. The summed E-state index contributed by atoms with van der Waals surface area (Å²) < 4.78 is 11.1. The Morgan fingerprint density at radius 2 is 1.92 bits per heavy atom. The topological polar surface area (TPSA) is 74.9 Å². The van der Waals surface area contributed by atoms with Crippen molar-refractivity contribution in [3.63, 3.8) is 0 Å². The normalized spacial score (nSPS) is 17.1. The van der Waals surface area contributed by atoms with Crippen molar-refractivity contribution in [2.75, 3.05) is 39.9 Å². The molecule has 1 aromatic rings. The molecular formula is C18H34IN5O2. The third kappa shape index (κ3) is 7.40. The van der Waals surface area contributed by atoms with Gasteiger partial charge in [0.2, 0.25) is 5.89 Å². The highest BCUT2D eigenvalue weighted by Gasteiger charge is 2.22. The van der Waals surface area contributed by atoms with Gasteiger partial charge in [-0.2, -0.15) is 0 Å². The lowest BCUT2D eigenvalue weighted by molar-refractivity contribution is 0.0132. The van der Waals surface area contributed by atoms with Gasteiger partial charge in [0.1, 0.15) is 5.76 Å². The number of hydrogen-bond donors (Lipinski definition) is 2. The van der Waals surface area contributed by atoms with Crippen LogP contribution >= 0.6 is 24.0 Å². The van der Waals surface area contributed by atoms with Crippen LogP contribution in [0.5, 0.6) is 0 Å². The van der Waals surface area contributed by atoms with E-state index >= 15 is 0 Å². The highest BCUT2D eigenvalue weighted by molar-refractivity contribution is 14.0. The molecular weight excluding hydrogens is 445 g/mol. The van der Waals surface area contributed by atoms with E-state index in [1.165, 1.54) is 0 Å². The summed E-state index contributed by atoms with van der Waals surface area (Å²) in [5.74, 6) is 2.98. The lowest BCUT2D eigenvalue weighted by Gasteiger charge is -2.35. The molecule has 1 saturated heterocycles. The monoisotopic (exact) mass is 479 g/mol. The van der Waals surface area contributed by atoms with Crippen LogP contribution in [0.15, 0.2) is 9.41 Å². The van der Waals surface area contributed by atoms with Gasteiger partial charge < -0.3 is 19.8 Å². The third-order valence-corrected chi connectivity index (χ3v) is 4.51. The molecule has 1 aromatic heterocycles. The second kappa shape index (κ2) is 11.8. The van der Waals surface area contributed by atoms with E-state index in [9.17, 15) is 0 Å². The Morgan fingerprint density at radius 3 is 2.46 bits per heavy atom. The van der Waals surface area contributed by atoms with E-state index in [1.807, 2.05) is 13.8 Å². The molecule has 26 heavy (non-hydrogen) atoms. The minimum atomic E-state index is 0. The summed E-state index contributed by atoms with van der Waals surface area (Å²) >= 11 is 0. The average Bonchev–Trinajstić information content (AvgIpc) is 2.92. The standard InChI is InChI=1S/C18H33N5O2.HI/c1-13(2)10-16(23-6-8-24-9-7-23)11-20-18(19-5)21-12-17-22-14(3)15(4)25-17;/h13,16H,6-12H2,1-5H3,(H2,19,20,21);1H. The van der Waals surface area contributed by atoms with Gasteiger partial charge in [0, 0.05) is 32.7 Å².